The van der Waals surface area contributed by atoms with Crippen LogP contribution in [0.3, 0.4) is 0 Å². The molecule has 0 aliphatic rings. The summed E-state index contributed by atoms with van der Waals surface area (Å²) in [5, 5.41) is 15.7. The molecule has 2 aromatic rings. The first-order valence-corrected chi connectivity index (χ1v) is 5.90. The number of nitrogens with zero attached hydrogens (tertiary/aromatic N) is 3. The zero-order valence-electron chi connectivity index (χ0n) is 9.62. The molecular formula is C11H7F3N4S. The van der Waals surface area contributed by atoms with Gasteiger partial charge in [-0.2, -0.15) is 18.4 Å². The number of aromatic nitrogens is 3. The van der Waals surface area contributed by atoms with E-state index in [0.717, 1.165) is 23.9 Å². The third-order valence-corrected chi connectivity index (χ3v) is 3.15. The summed E-state index contributed by atoms with van der Waals surface area (Å²) >= 11 is 1.04. The second-order valence-electron chi connectivity index (χ2n) is 3.63. The summed E-state index contributed by atoms with van der Waals surface area (Å²) < 4.78 is 37.6. The quantitative estimate of drug-likeness (QED) is 0.920. The molecule has 1 heterocycles. The predicted octanol–water partition coefficient (Wildman–Crippen LogP) is 3.15. The number of hydrogen-bond donors (Lipinski definition) is 1. The van der Waals surface area contributed by atoms with Gasteiger partial charge in [0.2, 0.25) is 5.16 Å². The molecule has 0 radical (unpaired) electrons. The van der Waals surface area contributed by atoms with Gasteiger partial charge in [0.05, 0.1) is 11.1 Å². The van der Waals surface area contributed by atoms with Crippen molar-refractivity contribution in [2.75, 3.05) is 0 Å². The van der Waals surface area contributed by atoms with Gasteiger partial charge in [-0.25, -0.2) is 4.98 Å². The molecule has 0 saturated carbocycles. The Morgan fingerprint density at radius 2 is 2.11 bits per heavy atom. The van der Waals surface area contributed by atoms with Crippen LogP contribution in [0.25, 0.3) is 0 Å². The smallest absolute Gasteiger partial charge is 0.262 e. The van der Waals surface area contributed by atoms with Crippen LogP contribution in [0.5, 0.6) is 0 Å². The first kappa shape index (κ1) is 13.4. The molecule has 98 valence electrons. The Kier molecular flexibility index (Phi) is 3.48. The average Bonchev–Trinajstić information content (AvgIpc) is 2.74. The lowest BCUT2D eigenvalue weighted by atomic mass is 10.1. The fourth-order valence-electron chi connectivity index (χ4n) is 1.35. The molecular weight excluding hydrogens is 277 g/mol. The Hall–Kier alpha value is -2.01. The minimum atomic E-state index is -4.46. The molecule has 1 N–H and O–H groups in total. The summed E-state index contributed by atoms with van der Waals surface area (Å²) in [5.41, 5.74) is -0.901. The van der Waals surface area contributed by atoms with Crippen molar-refractivity contribution < 1.29 is 13.2 Å². The van der Waals surface area contributed by atoms with Crippen LogP contribution in [0.1, 0.15) is 17.0 Å². The van der Waals surface area contributed by atoms with Crippen LogP contribution >= 0.6 is 11.8 Å². The lowest BCUT2D eigenvalue weighted by molar-refractivity contribution is -0.137. The van der Waals surface area contributed by atoms with Crippen LogP contribution in [0.15, 0.2) is 28.3 Å². The summed E-state index contributed by atoms with van der Waals surface area (Å²) in [6, 6.07) is 4.75. The van der Waals surface area contributed by atoms with Crippen molar-refractivity contribution in [3.05, 3.63) is 35.2 Å². The molecule has 0 saturated heterocycles. The summed E-state index contributed by atoms with van der Waals surface area (Å²) in [6.45, 7) is 1.70. The summed E-state index contributed by atoms with van der Waals surface area (Å²) in [6.07, 6.45) is -4.46. The van der Waals surface area contributed by atoms with Crippen molar-refractivity contribution in [3.8, 4) is 6.07 Å². The fraction of sp³-hybridized carbons (Fsp3) is 0.182. The molecule has 0 unspecified atom stereocenters. The van der Waals surface area contributed by atoms with Crippen molar-refractivity contribution in [1.29, 1.82) is 5.26 Å². The molecule has 0 atom stereocenters. The van der Waals surface area contributed by atoms with Crippen molar-refractivity contribution in [2.24, 2.45) is 0 Å². The van der Waals surface area contributed by atoms with Crippen LogP contribution in [0.4, 0.5) is 13.2 Å². The van der Waals surface area contributed by atoms with Gasteiger partial charge in [-0.3, -0.25) is 5.10 Å². The minimum absolute atomic E-state index is 0.0534. The first-order valence-electron chi connectivity index (χ1n) is 5.08. The highest BCUT2D eigenvalue weighted by molar-refractivity contribution is 7.99. The minimum Gasteiger partial charge on any atom is -0.262 e. The average molecular weight is 284 g/mol. The number of nitriles is 1. The molecule has 0 spiro atoms. The second-order valence-corrected chi connectivity index (χ2v) is 4.64. The zero-order valence-corrected chi connectivity index (χ0v) is 10.4. The highest BCUT2D eigenvalue weighted by Crippen LogP contribution is 2.34. The summed E-state index contributed by atoms with van der Waals surface area (Å²) in [5.74, 6) is 0.591. The number of aryl methyl sites for hydroxylation is 1. The maximum absolute atomic E-state index is 12.5. The van der Waals surface area contributed by atoms with Crippen molar-refractivity contribution >= 4 is 11.8 Å². The number of benzene rings is 1. The number of aromatic amines is 1. The Bertz CT molecular complexity index is 642. The van der Waals surface area contributed by atoms with Gasteiger partial charge in [0.1, 0.15) is 11.9 Å². The Morgan fingerprint density at radius 1 is 1.37 bits per heavy atom. The number of alkyl halides is 3. The van der Waals surface area contributed by atoms with E-state index in [9.17, 15) is 13.2 Å². The molecule has 0 aliphatic carbocycles. The van der Waals surface area contributed by atoms with E-state index < -0.39 is 11.7 Å². The predicted molar refractivity (Wildman–Crippen MR) is 61.4 cm³/mol. The van der Waals surface area contributed by atoms with Crippen molar-refractivity contribution in [2.45, 2.75) is 23.2 Å². The molecule has 0 bridgehead atoms. The number of H-pyrrole nitrogens is 1. The van der Waals surface area contributed by atoms with Gasteiger partial charge >= 0.3 is 6.18 Å². The molecule has 0 fully saturated rings. The molecule has 8 heteroatoms. The van der Waals surface area contributed by atoms with Gasteiger partial charge in [0.25, 0.3) is 0 Å². The summed E-state index contributed by atoms with van der Waals surface area (Å²) in [7, 11) is 0. The van der Waals surface area contributed by atoms with Crippen LogP contribution in [0, 0.1) is 18.3 Å². The lowest BCUT2D eigenvalue weighted by Gasteiger charge is -2.08. The van der Waals surface area contributed by atoms with Gasteiger partial charge in [-0.15, -0.1) is 5.10 Å². The van der Waals surface area contributed by atoms with Gasteiger partial charge in [-0.05, 0) is 36.9 Å². The van der Waals surface area contributed by atoms with Crippen molar-refractivity contribution in [3.63, 3.8) is 0 Å². The van der Waals surface area contributed by atoms with E-state index in [2.05, 4.69) is 15.2 Å². The van der Waals surface area contributed by atoms with Crippen LogP contribution in [0.2, 0.25) is 0 Å². The van der Waals surface area contributed by atoms with Gasteiger partial charge in [0.15, 0.2) is 0 Å². The molecule has 0 aliphatic heterocycles. The topological polar surface area (TPSA) is 65.4 Å². The van der Waals surface area contributed by atoms with E-state index in [0.29, 0.717) is 15.9 Å². The molecule has 2 rings (SSSR count). The molecule has 19 heavy (non-hydrogen) atoms. The summed E-state index contributed by atoms with van der Waals surface area (Å²) in [4.78, 5) is 4.40. The first-order chi connectivity index (χ1) is 8.90. The monoisotopic (exact) mass is 284 g/mol. The standard InChI is InChI=1S/C11H7F3N4S/c1-6-16-10(18-17-6)19-9-3-2-8(11(12,13)14)4-7(9)5-15/h2-4H,1H3,(H,16,17,18). The normalized spacial score (nSPS) is 11.3. The highest BCUT2D eigenvalue weighted by Gasteiger charge is 2.31. The lowest BCUT2D eigenvalue weighted by Crippen LogP contribution is -2.05. The maximum Gasteiger partial charge on any atom is 0.416 e. The largest absolute Gasteiger partial charge is 0.416 e. The van der Waals surface area contributed by atoms with Crippen LogP contribution in [-0.4, -0.2) is 15.2 Å². The van der Waals surface area contributed by atoms with Crippen LogP contribution < -0.4 is 0 Å². The Labute approximate surface area is 110 Å². The fourth-order valence-corrected chi connectivity index (χ4v) is 2.17. The van der Waals surface area contributed by atoms with E-state index in [4.69, 9.17) is 5.26 Å². The third kappa shape index (κ3) is 3.06. The number of hydrogen-bond acceptors (Lipinski definition) is 4. The zero-order chi connectivity index (χ0) is 14.0. The number of halogens is 3. The molecule has 0 amide bonds. The SMILES string of the molecule is Cc1nc(Sc2ccc(C(F)(F)F)cc2C#N)n[nH]1. The number of nitrogens with one attached hydrogen (secondary N) is 1. The molecule has 4 nitrogen and oxygen atoms in total. The van der Waals surface area contributed by atoms with Crippen molar-refractivity contribution in [1.82, 2.24) is 15.2 Å². The highest BCUT2D eigenvalue weighted by atomic mass is 32.2. The van der Waals surface area contributed by atoms with E-state index in [1.54, 1.807) is 13.0 Å². The van der Waals surface area contributed by atoms with Gasteiger partial charge < -0.3 is 0 Å². The molecule has 1 aromatic carbocycles. The number of rotatable bonds is 2. The van der Waals surface area contributed by atoms with Crippen LogP contribution in [-0.2, 0) is 6.18 Å². The van der Waals surface area contributed by atoms with E-state index >= 15 is 0 Å². The van der Waals surface area contributed by atoms with E-state index in [1.165, 1.54) is 6.07 Å². The second kappa shape index (κ2) is 4.93. The van der Waals surface area contributed by atoms with Gasteiger partial charge in [-0.1, -0.05) is 0 Å². The maximum atomic E-state index is 12.5. The van der Waals surface area contributed by atoms with Gasteiger partial charge in [0, 0.05) is 4.90 Å². The Balaban J connectivity index is 2.34. The Morgan fingerprint density at radius 3 is 2.63 bits per heavy atom. The third-order valence-electron chi connectivity index (χ3n) is 2.21. The van der Waals surface area contributed by atoms with E-state index in [-0.39, 0.29) is 5.56 Å². The van der Waals surface area contributed by atoms with E-state index in [1.807, 2.05) is 0 Å². The molecule has 1 aromatic heterocycles.